The van der Waals surface area contributed by atoms with Crippen molar-refractivity contribution in [1.29, 1.82) is 0 Å². The fourth-order valence-electron chi connectivity index (χ4n) is 2.10. The van der Waals surface area contributed by atoms with E-state index in [9.17, 15) is 9.59 Å². The Morgan fingerprint density at radius 3 is 2.88 bits per heavy atom. The summed E-state index contributed by atoms with van der Waals surface area (Å²) in [7, 11) is 0. The first-order valence-corrected chi connectivity index (χ1v) is 6.52. The number of carboxylic acids is 1. The predicted molar refractivity (Wildman–Crippen MR) is 65.1 cm³/mol. The van der Waals surface area contributed by atoms with E-state index < -0.39 is 11.9 Å². The molecule has 2 atom stereocenters. The molecule has 0 aromatic carbocycles. The minimum atomic E-state index is -0.802. The molecular weight excluding hydrogens is 238 g/mol. The molecule has 4 nitrogen and oxygen atoms in total. The Kier molecular flexibility index (Phi) is 3.47. The number of thiophene rings is 1. The Morgan fingerprint density at radius 1 is 1.59 bits per heavy atom. The number of nitrogens with zero attached hydrogens (tertiary/aromatic N) is 1. The molecule has 1 N–H and O–H groups in total. The Labute approximate surface area is 104 Å². The van der Waals surface area contributed by atoms with E-state index >= 15 is 0 Å². The minimum Gasteiger partial charge on any atom is -0.481 e. The largest absolute Gasteiger partial charge is 0.481 e. The first kappa shape index (κ1) is 12.1. The van der Waals surface area contributed by atoms with Crippen molar-refractivity contribution < 1.29 is 14.7 Å². The van der Waals surface area contributed by atoms with Gasteiger partial charge in [-0.1, -0.05) is 6.07 Å². The lowest BCUT2D eigenvalue weighted by atomic mass is 10.1. The maximum absolute atomic E-state index is 12.2. The number of carbonyl (C=O) groups is 2. The fraction of sp³-hybridized carbons (Fsp3) is 0.500. The molecule has 0 aliphatic carbocycles. The smallest absolute Gasteiger partial charge is 0.308 e. The maximum Gasteiger partial charge on any atom is 0.308 e. The average molecular weight is 253 g/mol. The Balaban J connectivity index is 2.00. The van der Waals surface area contributed by atoms with Gasteiger partial charge >= 0.3 is 5.97 Å². The highest BCUT2D eigenvalue weighted by molar-refractivity contribution is 7.10. The van der Waals surface area contributed by atoms with Crippen LogP contribution in [0.2, 0.25) is 0 Å². The highest BCUT2D eigenvalue weighted by Gasteiger charge is 2.33. The van der Waals surface area contributed by atoms with Crippen molar-refractivity contribution in [2.24, 2.45) is 5.92 Å². The highest BCUT2D eigenvalue weighted by Crippen LogP contribution is 2.26. The minimum absolute atomic E-state index is 0.0381. The van der Waals surface area contributed by atoms with Crippen molar-refractivity contribution in [2.75, 3.05) is 13.1 Å². The third-order valence-corrected chi connectivity index (χ3v) is 4.24. The fourth-order valence-corrected chi connectivity index (χ4v) is 2.87. The molecule has 2 heterocycles. The Hall–Kier alpha value is -1.36. The van der Waals surface area contributed by atoms with Crippen molar-refractivity contribution >= 4 is 23.2 Å². The summed E-state index contributed by atoms with van der Waals surface area (Å²) < 4.78 is 0. The molecule has 17 heavy (non-hydrogen) atoms. The Morgan fingerprint density at radius 2 is 2.35 bits per heavy atom. The zero-order chi connectivity index (χ0) is 12.4. The Bertz CT molecular complexity index is 415. The number of carboxylic acid groups (broad SMARTS) is 1. The van der Waals surface area contributed by atoms with Crippen LogP contribution in [0.15, 0.2) is 17.5 Å². The zero-order valence-corrected chi connectivity index (χ0v) is 10.4. The first-order chi connectivity index (χ1) is 8.09. The molecule has 1 fully saturated rings. The summed E-state index contributed by atoms with van der Waals surface area (Å²) >= 11 is 1.56. The summed E-state index contributed by atoms with van der Waals surface area (Å²) in [4.78, 5) is 25.7. The normalized spacial score (nSPS) is 21.5. The van der Waals surface area contributed by atoms with Crippen molar-refractivity contribution in [1.82, 2.24) is 4.90 Å². The molecule has 0 radical (unpaired) electrons. The van der Waals surface area contributed by atoms with Crippen molar-refractivity contribution in [3.05, 3.63) is 22.4 Å². The number of carbonyl (C=O) groups excluding carboxylic acids is 1. The van der Waals surface area contributed by atoms with Crippen LogP contribution in [0.1, 0.15) is 24.1 Å². The van der Waals surface area contributed by atoms with Gasteiger partial charge in [0.15, 0.2) is 0 Å². The maximum atomic E-state index is 12.2. The van der Waals surface area contributed by atoms with Crippen LogP contribution in [0.3, 0.4) is 0 Å². The van der Waals surface area contributed by atoms with Gasteiger partial charge in [-0.05, 0) is 24.8 Å². The number of hydrogen-bond donors (Lipinski definition) is 1. The average Bonchev–Trinajstić information content (AvgIpc) is 2.97. The van der Waals surface area contributed by atoms with Gasteiger partial charge < -0.3 is 10.0 Å². The van der Waals surface area contributed by atoms with E-state index in [2.05, 4.69) is 0 Å². The van der Waals surface area contributed by atoms with Gasteiger partial charge in [0.2, 0.25) is 5.91 Å². The second-order valence-electron chi connectivity index (χ2n) is 4.35. The van der Waals surface area contributed by atoms with Crippen LogP contribution >= 0.6 is 11.3 Å². The molecule has 92 valence electrons. The molecule has 0 unspecified atom stereocenters. The molecule has 1 aliphatic rings. The van der Waals surface area contributed by atoms with Gasteiger partial charge in [0.25, 0.3) is 0 Å². The second-order valence-corrected chi connectivity index (χ2v) is 5.32. The lowest BCUT2D eigenvalue weighted by Crippen LogP contribution is -2.32. The van der Waals surface area contributed by atoms with E-state index in [-0.39, 0.29) is 11.8 Å². The monoisotopic (exact) mass is 253 g/mol. The van der Waals surface area contributed by atoms with Crippen molar-refractivity contribution in [3.8, 4) is 0 Å². The molecule has 2 rings (SSSR count). The lowest BCUT2D eigenvalue weighted by Gasteiger charge is -2.19. The second kappa shape index (κ2) is 4.87. The molecule has 1 aromatic heterocycles. The predicted octanol–water partition coefficient (Wildman–Crippen LogP) is 1.78. The third kappa shape index (κ3) is 2.49. The number of aliphatic carboxylic acids is 1. The van der Waals surface area contributed by atoms with E-state index in [1.807, 2.05) is 24.4 Å². The molecule has 0 bridgehead atoms. The summed E-state index contributed by atoms with van der Waals surface area (Å²) in [5.41, 5.74) is 0. The van der Waals surface area contributed by atoms with Gasteiger partial charge in [-0.15, -0.1) is 11.3 Å². The SMILES string of the molecule is C[C@H](C(=O)N1CC[C@H](C(=O)O)C1)c1cccs1. The van der Waals surface area contributed by atoms with Crippen LogP contribution in [-0.4, -0.2) is 35.0 Å². The zero-order valence-electron chi connectivity index (χ0n) is 9.63. The number of hydrogen-bond acceptors (Lipinski definition) is 3. The summed E-state index contributed by atoms with van der Waals surface area (Å²) in [5, 5.41) is 10.8. The van der Waals surface area contributed by atoms with Crippen LogP contribution in [0.5, 0.6) is 0 Å². The summed E-state index contributed by atoms with van der Waals surface area (Å²) in [6.45, 7) is 2.79. The van der Waals surface area contributed by atoms with Gasteiger partial charge in [-0.25, -0.2) is 0 Å². The molecule has 1 saturated heterocycles. The van der Waals surface area contributed by atoms with E-state index in [1.165, 1.54) is 0 Å². The van der Waals surface area contributed by atoms with Gasteiger partial charge in [0, 0.05) is 18.0 Å². The van der Waals surface area contributed by atoms with Crippen LogP contribution in [-0.2, 0) is 9.59 Å². The molecule has 1 amide bonds. The lowest BCUT2D eigenvalue weighted by molar-refractivity contribution is -0.141. The molecule has 0 saturated carbocycles. The van der Waals surface area contributed by atoms with E-state index in [0.29, 0.717) is 19.5 Å². The summed E-state index contributed by atoms with van der Waals surface area (Å²) in [5.74, 6) is -1.32. The summed E-state index contributed by atoms with van der Waals surface area (Å²) in [6.07, 6.45) is 0.568. The quantitative estimate of drug-likeness (QED) is 0.893. The van der Waals surface area contributed by atoms with Crippen LogP contribution in [0.25, 0.3) is 0 Å². The van der Waals surface area contributed by atoms with Crippen molar-refractivity contribution in [2.45, 2.75) is 19.3 Å². The van der Waals surface area contributed by atoms with Crippen LogP contribution < -0.4 is 0 Å². The number of rotatable bonds is 3. The number of amides is 1. The van der Waals surface area contributed by atoms with Gasteiger partial charge in [-0.3, -0.25) is 9.59 Å². The molecule has 5 heteroatoms. The first-order valence-electron chi connectivity index (χ1n) is 5.64. The van der Waals surface area contributed by atoms with E-state index in [1.54, 1.807) is 16.2 Å². The molecule has 1 aliphatic heterocycles. The molecule has 1 aromatic rings. The van der Waals surface area contributed by atoms with Gasteiger partial charge in [-0.2, -0.15) is 0 Å². The highest BCUT2D eigenvalue weighted by atomic mass is 32.1. The topological polar surface area (TPSA) is 57.6 Å². The van der Waals surface area contributed by atoms with Gasteiger partial charge in [0.1, 0.15) is 0 Å². The van der Waals surface area contributed by atoms with E-state index in [4.69, 9.17) is 5.11 Å². The molecular formula is C12H15NO3S. The number of likely N-dealkylation sites (tertiary alicyclic amines) is 1. The van der Waals surface area contributed by atoms with Gasteiger partial charge in [0.05, 0.1) is 11.8 Å². The standard InChI is InChI=1S/C12H15NO3S/c1-8(10-3-2-6-17-10)11(14)13-5-4-9(7-13)12(15)16/h2-3,6,8-9H,4-5,7H2,1H3,(H,15,16)/t8-,9-/m0/s1. The third-order valence-electron chi connectivity index (χ3n) is 3.19. The summed E-state index contributed by atoms with van der Waals surface area (Å²) in [6, 6.07) is 3.87. The van der Waals surface area contributed by atoms with Crippen LogP contribution in [0, 0.1) is 5.92 Å². The molecule has 0 spiro atoms. The van der Waals surface area contributed by atoms with E-state index in [0.717, 1.165) is 4.88 Å². The van der Waals surface area contributed by atoms with Crippen molar-refractivity contribution in [3.63, 3.8) is 0 Å². The van der Waals surface area contributed by atoms with Crippen LogP contribution in [0.4, 0.5) is 0 Å².